The van der Waals surface area contributed by atoms with E-state index in [-0.39, 0.29) is 5.69 Å². The zero-order chi connectivity index (χ0) is 16.2. The molecule has 0 aromatic heterocycles. The van der Waals surface area contributed by atoms with Crippen LogP contribution in [0.1, 0.15) is 17.2 Å². The molecule has 0 aliphatic carbocycles. The van der Waals surface area contributed by atoms with Gasteiger partial charge in [-0.15, -0.1) is 0 Å². The van der Waals surface area contributed by atoms with Crippen LogP contribution in [-0.2, 0) is 0 Å². The molecule has 0 fully saturated rings. The Morgan fingerprint density at radius 2 is 1.43 bits per heavy atom. The molecule has 4 nitrogen and oxygen atoms in total. The normalized spacial score (nSPS) is 11.9. The molecule has 1 atom stereocenters. The highest BCUT2D eigenvalue weighted by Gasteiger charge is 2.22. The number of nitrogens with zero attached hydrogens (tertiary/aromatic N) is 1. The molecular formula is C19H15NO3. The Morgan fingerprint density at radius 3 is 2.04 bits per heavy atom. The van der Waals surface area contributed by atoms with E-state index < -0.39 is 11.0 Å². The van der Waals surface area contributed by atoms with Gasteiger partial charge in [0, 0.05) is 6.07 Å². The zero-order valence-electron chi connectivity index (χ0n) is 12.3. The smallest absolute Gasteiger partial charge is 0.275 e. The van der Waals surface area contributed by atoms with Gasteiger partial charge >= 0.3 is 0 Å². The van der Waals surface area contributed by atoms with E-state index in [1.54, 1.807) is 36.4 Å². The lowest BCUT2D eigenvalue weighted by atomic mass is 9.95. The van der Waals surface area contributed by atoms with Gasteiger partial charge in [-0.3, -0.25) is 10.1 Å². The van der Waals surface area contributed by atoms with Crippen LogP contribution in [0.4, 0.5) is 5.69 Å². The Labute approximate surface area is 133 Å². The van der Waals surface area contributed by atoms with E-state index >= 15 is 0 Å². The minimum Gasteiger partial charge on any atom is -0.383 e. The standard InChI is InChI=1S/C19H15NO3/c21-19(15-9-5-2-6-10-15)17-13-16(11-12-18(17)20(22)23)14-7-3-1-4-8-14/h1-13,19,21H. The number of nitro groups is 1. The highest BCUT2D eigenvalue weighted by molar-refractivity contribution is 5.67. The minimum absolute atomic E-state index is 0.0824. The summed E-state index contributed by atoms with van der Waals surface area (Å²) in [5, 5.41) is 21.9. The topological polar surface area (TPSA) is 63.4 Å². The largest absolute Gasteiger partial charge is 0.383 e. The highest BCUT2D eigenvalue weighted by Crippen LogP contribution is 2.33. The molecule has 0 radical (unpaired) electrons. The summed E-state index contributed by atoms with van der Waals surface area (Å²) in [6.45, 7) is 0. The Kier molecular flexibility index (Phi) is 4.17. The van der Waals surface area contributed by atoms with Crippen molar-refractivity contribution in [2.45, 2.75) is 6.10 Å². The number of benzene rings is 3. The minimum atomic E-state index is -1.04. The lowest BCUT2D eigenvalue weighted by Crippen LogP contribution is -2.04. The van der Waals surface area contributed by atoms with Crippen molar-refractivity contribution in [3.8, 4) is 11.1 Å². The third-order valence-corrected chi connectivity index (χ3v) is 3.74. The maximum absolute atomic E-state index is 11.3. The first-order chi connectivity index (χ1) is 11.2. The fourth-order valence-electron chi connectivity index (χ4n) is 2.56. The maximum atomic E-state index is 11.3. The molecule has 3 rings (SSSR count). The van der Waals surface area contributed by atoms with Crippen LogP contribution in [0.5, 0.6) is 0 Å². The summed E-state index contributed by atoms with van der Waals surface area (Å²) >= 11 is 0. The number of nitro benzene ring substituents is 1. The summed E-state index contributed by atoms with van der Waals surface area (Å²) in [6, 6.07) is 23.4. The first-order valence-corrected chi connectivity index (χ1v) is 7.23. The molecule has 0 saturated carbocycles. The molecule has 0 heterocycles. The van der Waals surface area contributed by atoms with Crippen molar-refractivity contribution in [1.82, 2.24) is 0 Å². The van der Waals surface area contributed by atoms with Crippen LogP contribution in [0.25, 0.3) is 11.1 Å². The average Bonchev–Trinajstić information content (AvgIpc) is 2.62. The molecule has 1 unspecified atom stereocenters. The second-order valence-corrected chi connectivity index (χ2v) is 5.21. The second kappa shape index (κ2) is 6.42. The van der Waals surface area contributed by atoms with E-state index in [9.17, 15) is 15.2 Å². The van der Waals surface area contributed by atoms with Gasteiger partial charge in [0.1, 0.15) is 6.10 Å². The Hall–Kier alpha value is -2.98. The number of aliphatic hydroxyl groups excluding tert-OH is 1. The van der Waals surface area contributed by atoms with Crippen molar-refractivity contribution in [1.29, 1.82) is 0 Å². The highest BCUT2D eigenvalue weighted by atomic mass is 16.6. The van der Waals surface area contributed by atoms with Gasteiger partial charge in [-0.25, -0.2) is 0 Å². The molecule has 23 heavy (non-hydrogen) atoms. The fourth-order valence-corrected chi connectivity index (χ4v) is 2.56. The Balaban J connectivity index is 2.11. The van der Waals surface area contributed by atoms with Crippen LogP contribution in [0.15, 0.2) is 78.9 Å². The van der Waals surface area contributed by atoms with Gasteiger partial charge in [0.05, 0.1) is 10.5 Å². The second-order valence-electron chi connectivity index (χ2n) is 5.21. The summed E-state index contributed by atoms with van der Waals surface area (Å²) in [5.41, 5.74) is 2.62. The monoisotopic (exact) mass is 305 g/mol. The number of hydrogen-bond acceptors (Lipinski definition) is 3. The number of hydrogen-bond donors (Lipinski definition) is 1. The van der Waals surface area contributed by atoms with Crippen molar-refractivity contribution in [2.24, 2.45) is 0 Å². The molecule has 0 amide bonds. The first-order valence-electron chi connectivity index (χ1n) is 7.23. The third kappa shape index (κ3) is 3.12. The van der Waals surface area contributed by atoms with Crippen LogP contribution in [-0.4, -0.2) is 10.0 Å². The van der Waals surface area contributed by atoms with Gasteiger partial charge in [0.25, 0.3) is 5.69 Å². The van der Waals surface area contributed by atoms with Gasteiger partial charge in [0.2, 0.25) is 0 Å². The van der Waals surface area contributed by atoms with Crippen molar-refractivity contribution in [3.63, 3.8) is 0 Å². The summed E-state index contributed by atoms with van der Waals surface area (Å²) in [6.07, 6.45) is -1.04. The molecular weight excluding hydrogens is 290 g/mol. The zero-order valence-corrected chi connectivity index (χ0v) is 12.3. The number of aliphatic hydroxyl groups is 1. The molecule has 0 spiro atoms. The summed E-state index contributed by atoms with van der Waals surface area (Å²) in [7, 11) is 0. The lowest BCUT2D eigenvalue weighted by molar-refractivity contribution is -0.386. The molecule has 3 aromatic rings. The van der Waals surface area contributed by atoms with Crippen LogP contribution in [0.2, 0.25) is 0 Å². The molecule has 3 aromatic carbocycles. The molecule has 4 heteroatoms. The van der Waals surface area contributed by atoms with Crippen LogP contribution >= 0.6 is 0 Å². The van der Waals surface area contributed by atoms with E-state index in [1.807, 2.05) is 36.4 Å². The predicted molar refractivity (Wildman–Crippen MR) is 89.0 cm³/mol. The lowest BCUT2D eigenvalue weighted by Gasteiger charge is -2.13. The Morgan fingerprint density at radius 1 is 0.826 bits per heavy atom. The van der Waals surface area contributed by atoms with E-state index in [4.69, 9.17) is 0 Å². The van der Waals surface area contributed by atoms with Gasteiger partial charge in [-0.05, 0) is 28.8 Å². The molecule has 114 valence electrons. The van der Waals surface area contributed by atoms with Crippen LogP contribution in [0.3, 0.4) is 0 Å². The first kappa shape index (κ1) is 14.9. The van der Waals surface area contributed by atoms with Crippen molar-refractivity contribution >= 4 is 5.69 Å². The molecule has 0 bridgehead atoms. The van der Waals surface area contributed by atoms with E-state index in [0.717, 1.165) is 11.1 Å². The molecule has 0 aliphatic heterocycles. The summed E-state index contributed by atoms with van der Waals surface area (Å²) in [4.78, 5) is 10.8. The maximum Gasteiger partial charge on any atom is 0.275 e. The molecule has 0 saturated heterocycles. The van der Waals surface area contributed by atoms with Gasteiger partial charge < -0.3 is 5.11 Å². The van der Waals surface area contributed by atoms with E-state index in [2.05, 4.69) is 0 Å². The fraction of sp³-hybridized carbons (Fsp3) is 0.0526. The average molecular weight is 305 g/mol. The Bertz CT molecular complexity index is 817. The SMILES string of the molecule is O=[N+]([O-])c1ccc(-c2ccccc2)cc1C(O)c1ccccc1. The van der Waals surface area contributed by atoms with Gasteiger partial charge in [0.15, 0.2) is 0 Å². The number of rotatable bonds is 4. The van der Waals surface area contributed by atoms with Crippen molar-refractivity contribution in [2.75, 3.05) is 0 Å². The summed E-state index contributed by atoms with van der Waals surface area (Å²) < 4.78 is 0. The molecule has 1 N–H and O–H groups in total. The quantitative estimate of drug-likeness (QED) is 0.576. The van der Waals surface area contributed by atoms with Crippen LogP contribution in [0, 0.1) is 10.1 Å². The third-order valence-electron chi connectivity index (χ3n) is 3.74. The van der Waals surface area contributed by atoms with E-state index in [0.29, 0.717) is 11.1 Å². The van der Waals surface area contributed by atoms with Crippen molar-refractivity contribution < 1.29 is 10.0 Å². The van der Waals surface area contributed by atoms with Crippen LogP contribution < -0.4 is 0 Å². The molecule has 0 aliphatic rings. The summed E-state index contributed by atoms with van der Waals surface area (Å²) in [5.74, 6) is 0. The van der Waals surface area contributed by atoms with Gasteiger partial charge in [-0.2, -0.15) is 0 Å². The van der Waals surface area contributed by atoms with Crippen molar-refractivity contribution in [3.05, 3.63) is 100 Å². The van der Waals surface area contributed by atoms with Gasteiger partial charge in [-0.1, -0.05) is 60.7 Å². The van der Waals surface area contributed by atoms with E-state index in [1.165, 1.54) is 6.07 Å². The predicted octanol–water partition coefficient (Wildman–Crippen LogP) is 4.34.